The Morgan fingerprint density at radius 3 is 2.89 bits per heavy atom. The van der Waals surface area contributed by atoms with Crippen LogP contribution in [0.1, 0.15) is 34.3 Å². The third-order valence-corrected chi connectivity index (χ3v) is 6.78. The molecule has 1 fully saturated rings. The minimum Gasteiger partial charge on any atom is -0.376 e. The van der Waals surface area contributed by atoms with Crippen LogP contribution in [0.15, 0.2) is 36.4 Å². The Labute approximate surface area is 176 Å². The maximum Gasteiger partial charge on any atom is 0.261 e. The number of aryl methyl sites for hydroxylation is 2. The quantitative estimate of drug-likeness (QED) is 0.462. The second kappa shape index (κ2) is 7.85. The number of amides is 1. The summed E-state index contributed by atoms with van der Waals surface area (Å²) in [6.45, 7) is 5.48. The van der Waals surface area contributed by atoms with Gasteiger partial charge in [-0.15, -0.1) is 0 Å². The van der Waals surface area contributed by atoms with Crippen LogP contribution < -0.4 is 4.90 Å². The number of anilines is 1. The van der Waals surface area contributed by atoms with Gasteiger partial charge in [0, 0.05) is 10.2 Å². The molecule has 6 heteroatoms. The number of carbonyl (C=O) groups is 1. The third-order valence-electron chi connectivity index (χ3n) is 4.81. The van der Waals surface area contributed by atoms with E-state index in [1.165, 1.54) is 5.56 Å². The lowest BCUT2D eigenvalue weighted by atomic mass is 10.1. The van der Waals surface area contributed by atoms with Crippen molar-refractivity contribution in [2.75, 3.05) is 18.1 Å². The molecule has 4 rings (SSSR count). The minimum absolute atomic E-state index is 0.0102. The van der Waals surface area contributed by atoms with Gasteiger partial charge in [0.15, 0.2) is 5.13 Å². The average Bonchev–Trinajstić information content (AvgIpc) is 3.29. The Balaban J connectivity index is 1.76. The molecule has 1 unspecified atom stereocenters. The summed E-state index contributed by atoms with van der Waals surface area (Å²) in [4.78, 5) is 20.1. The number of benzene rings is 2. The van der Waals surface area contributed by atoms with E-state index >= 15 is 0 Å². The summed E-state index contributed by atoms with van der Waals surface area (Å²) in [5.74, 6) is -0.0102. The second-order valence-electron chi connectivity index (χ2n) is 6.96. The van der Waals surface area contributed by atoms with Gasteiger partial charge in [-0.1, -0.05) is 29.5 Å². The first-order valence-corrected chi connectivity index (χ1v) is 11.0. The van der Waals surface area contributed by atoms with Gasteiger partial charge >= 0.3 is 0 Å². The van der Waals surface area contributed by atoms with E-state index in [4.69, 9.17) is 9.72 Å². The first-order chi connectivity index (χ1) is 13.0. The fourth-order valence-electron chi connectivity index (χ4n) is 3.49. The van der Waals surface area contributed by atoms with Crippen molar-refractivity contribution in [3.8, 4) is 0 Å². The topological polar surface area (TPSA) is 42.4 Å². The molecule has 1 amide bonds. The van der Waals surface area contributed by atoms with Crippen molar-refractivity contribution < 1.29 is 9.53 Å². The molecular formula is C21H21IN2O2S. The lowest BCUT2D eigenvalue weighted by molar-refractivity contribution is 0.0916. The zero-order valence-electron chi connectivity index (χ0n) is 15.4. The molecule has 0 N–H and O–H groups in total. The highest BCUT2D eigenvalue weighted by atomic mass is 127. The highest BCUT2D eigenvalue weighted by Crippen LogP contribution is 2.33. The Bertz CT molecular complexity index is 995. The van der Waals surface area contributed by atoms with E-state index in [1.54, 1.807) is 11.3 Å². The summed E-state index contributed by atoms with van der Waals surface area (Å²) in [7, 11) is 0. The van der Waals surface area contributed by atoms with Crippen LogP contribution in [-0.2, 0) is 4.74 Å². The van der Waals surface area contributed by atoms with E-state index in [-0.39, 0.29) is 12.0 Å². The van der Waals surface area contributed by atoms with Crippen molar-refractivity contribution in [2.24, 2.45) is 0 Å². The largest absolute Gasteiger partial charge is 0.376 e. The Hall–Kier alpha value is -1.51. The zero-order valence-corrected chi connectivity index (χ0v) is 18.3. The number of hydrogen-bond donors (Lipinski definition) is 0. The molecule has 0 bridgehead atoms. The first-order valence-electron chi connectivity index (χ1n) is 9.08. The first kappa shape index (κ1) is 18.8. The third kappa shape index (κ3) is 3.88. The van der Waals surface area contributed by atoms with Crippen LogP contribution in [0.2, 0.25) is 0 Å². The molecule has 0 spiro atoms. The summed E-state index contributed by atoms with van der Waals surface area (Å²) in [6.07, 6.45) is 2.11. The molecule has 140 valence electrons. The lowest BCUT2D eigenvalue weighted by Gasteiger charge is -2.23. The summed E-state index contributed by atoms with van der Waals surface area (Å²) in [5, 5.41) is 0.749. The molecule has 2 heterocycles. The Kier molecular flexibility index (Phi) is 5.48. The summed E-state index contributed by atoms with van der Waals surface area (Å²) < 4.78 is 7.89. The molecule has 0 radical (unpaired) electrons. The SMILES string of the molecule is Cc1cc(C)c2nc(N(CC3CCCO3)C(=O)c3ccccc3I)sc2c1. The highest BCUT2D eigenvalue weighted by molar-refractivity contribution is 14.1. The number of hydrogen-bond acceptors (Lipinski definition) is 4. The fraction of sp³-hybridized carbons (Fsp3) is 0.333. The van der Waals surface area contributed by atoms with Crippen molar-refractivity contribution in [1.29, 1.82) is 0 Å². The van der Waals surface area contributed by atoms with Crippen LogP contribution in [-0.4, -0.2) is 30.1 Å². The van der Waals surface area contributed by atoms with Crippen LogP contribution in [0.5, 0.6) is 0 Å². The van der Waals surface area contributed by atoms with Crippen molar-refractivity contribution in [1.82, 2.24) is 4.98 Å². The van der Waals surface area contributed by atoms with Crippen LogP contribution in [0, 0.1) is 17.4 Å². The monoisotopic (exact) mass is 492 g/mol. The van der Waals surface area contributed by atoms with Gasteiger partial charge in [0.1, 0.15) is 0 Å². The van der Waals surface area contributed by atoms with Gasteiger partial charge in [-0.05, 0) is 78.6 Å². The number of nitrogens with zero attached hydrogens (tertiary/aromatic N) is 2. The normalized spacial score (nSPS) is 16.8. The van der Waals surface area contributed by atoms with Gasteiger partial charge in [0.05, 0.1) is 28.4 Å². The van der Waals surface area contributed by atoms with E-state index in [0.29, 0.717) is 12.1 Å². The molecule has 1 aromatic heterocycles. The van der Waals surface area contributed by atoms with E-state index in [0.717, 1.165) is 43.9 Å². The van der Waals surface area contributed by atoms with Gasteiger partial charge in [0.2, 0.25) is 0 Å². The Morgan fingerprint density at radius 1 is 1.33 bits per heavy atom. The predicted molar refractivity (Wildman–Crippen MR) is 119 cm³/mol. The molecule has 27 heavy (non-hydrogen) atoms. The lowest BCUT2D eigenvalue weighted by Crippen LogP contribution is -2.37. The molecule has 1 aliphatic heterocycles. The zero-order chi connectivity index (χ0) is 19.0. The van der Waals surface area contributed by atoms with Gasteiger partial charge < -0.3 is 4.74 Å². The van der Waals surface area contributed by atoms with Crippen molar-refractivity contribution in [3.05, 3.63) is 56.7 Å². The number of thiazole rings is 1. The highest BCUT2D eigenvalue weighted by Gasteiger charge is 2.28. The number of rotatable bonds is 4. The molecular weight excluding hydrogens is 471 g/mol. The molecule has 2 aromatic carbocycles. The predicted octanol–water partition coefficient (Wildman–Crippen LogP) is 5.34. The average molecular weight is 492 g/mol. The summed E-state index contributed by atoms with van der Waals surface area (Å²) in [5.41, 5.74) is 4.05. The van der Waals surface area contributed by atoms with Gasteiger partial charge in [-0.25, -0.2) is 4.98 Å². The van der Waals surface area contributed by atoms with Gasteiger partial charge in [-0.3, -0.25) is 9.69 Å². The number of fused-ring (bicyclic) bond motifs is 1. The number of carbonyl (C=O) groups excluding carboxylic acids is 1. The summed E-state index contributed by atoms with van der Waals surface area (Å²) in [6, 6.07) is 12.0. The van der Waals surface area contributed by atoms with Crippen LogP contribution in [0.4, 0.5) is 5.13 Å². The number of ether oxygens (including phenoxy) is 1. The van der Waals surface area contributed by atoms with Gasteiger partial charge in [-0.2, -0.15) is 0 Å². The molecule has 0 aliphatic carbocycles. The van der Waals surface area contributed by atoms with Crippen LogP contribution in [0.25, 0.3) is 10.2 Å². The van der Waals surface area contributed by atoms with E-state index in [2.05, 4.69) is 48.6 Å². The van der Waals surface area contributed by atoms with Crippen LogP contribution >= 0.6 is 33.9 Å². The molecule has 0 saturated carbocycles. The van der Waals surface area contributed by atoms with Crippen LogP contribution in [0.3, 0.4) is 0 Å². The van der Waals surface area contributed by atoms with Gasteiger partial charge in [0.25, 0.3) is 5.91 Å². The minimum atomic E-state index is -0.0102. The smallest absolute Gasteiger partial charge is 0.261 e. The molecule has 1 aliphatic rings. The van der Waals surface area contributed by atoms with E-state index < -0.39 is 0 Å². The molecule has 3 aromatic rings. The van der Waals surface area contributed by atoms with E-state index in [9.17, 15) is 4.79 Å². The Morgan fingerprint density at radius 2 is 2.15 bits per heavy atom. The standard InChI is InChI=1S/C21H21IN2O2S/c1-13-10-14(2)19-18(11-13)27-21(23-19)24(12-15-6-5-9-26-15)20(25)16-7-3-4-8-17(16)22/h3-4,7-8,10-11,15H,5-6,9,12H2,1-2H3. The number of halogens is 1. The summed E-state index contributed by atoms with van der Waals surface area (Å²) >= 11 is 3.80. The number of aromatic nitrogens is 1. The van der Waals surface area contributed by atoms with E-state index in [1.807, 2.05) is 29.2 Å². The second-order valence-corrected chi connectivity index (χ2v) is 9.13. The van der Waals surface area contributed by atoms with Crippen molar-refractivity contribution in [3.63, 3.8) is 0 Å². The maximum atomic E-state index is 13.4. The molecule has 1 saturated heterocycles. The molecule has 1 atom stereocenters. The fourth-order valence-corrected chi connectivity index (χ4v) is 5.26. The van der Waals surface area contributed by atoms with Crippen molar-refractivity contribution in [2.45, 2.75) is 32.8 Å². The van der Waals surface area contributed by atoms with Crippen molar-refractivity contribution >= 4 is 55.2 Å². The maximum absolute atomic E-state index is 13.4. The molecule has 4 nitrogen and oxygen atoms in total.